The zero-order chi connectivity index (χ0) is 19.6. The molecule has 0 radical (unpaired) electrons. The summed E-state index contributed by atoms with van der Waals surface area (Å²) < 4.78 is 0.724. The molecule has 0 spiro atoms. The molecule has 1 aromatic heterocycles. The number of carbonyl (C=O) groups is 2. The van der Waals surface area contributed by atoms with E-state index < -0.39 is 10.8 Å². The van der Waals surface area contributed by atoms with Crippen molar-refractivity contribution in [1.29, 1.82) is 0 Å². The van der Waals surface area contributed by atoms with Gasteiger partial charge in [-0.15, -0.1) is 10.2 Å². The number of hydrogen-bond donors (Lipinski definition) is 2. The number of aromatic nitrogens is 2. The second kappa shape index (κ2) is 7.85. The van der Waals surface area contributed by atoms with Gasteiger partial charge in [-0.2, -0.15) is 0 Å². The van der Waals surface area contributed by atoms with Gasteiger partial charge in [-0.3, -0.25) is 14.5 Å². The van der Waals surface area contributed by atoms with Crippen LogP contribution in [0.5, 0.6) is 0 Å². The first-order chi connectivity index (χ1) is 12.8. The van der Waals surface area contributed by atoms with Gasteiger partial charge < -0.3 is 10.6 Å². The van der Waals surface area contributed by atoms with Crippen molar-refractivity contribution in [3.05, 3.63) is 24.3 Å². The molecule has 144 valence electrons. The van der Waals surface area contributed by atoms with Crippen molar-refractivity contribution in [2.75, 3.05) is 22.1 Å². The summed E-state index contributed by atoms with van der Waals surface area (Å²) in [5, 5.41) is 14.7. The fraction of sp³-hybridized carbons (Fsp3) is 0.444. The topological polar surface area (TPSA) is 87.2 Å². The van der Waals surface area contributed by atoms with E-state index in [-0.39, 0.29) is 11.8 Å². The minimum atomic E-state index is -0.977. The largest absolute Gasteiger partial charge is 0.360 e. The molecule has 27 heavy (non-hydrogen) atoms. The van der Waals surface area contributed by atoms with Gasteiger partial charge in [-0.05, 0) is 39.3 Å². The van der Waals surface area contributed by atoms with Crippen LogP contribution in [0.2, 0.25) is 0 Å². The van der Waals surface area contributed by atoms with Crippen molar-refractivity contribution in [3.63, 3.8) is 0 Å². The molecule has 0 saturated carbocycles. The highest BCUT2D eigenvalue weighted by Gasteiger charge is 2.44. The Labute approximate surface area is 166 Å². The molecule has 1 atom stereocenters. The van der Waals surface area contributed by atoms with Crippen molar-refractivity contribution >= 4 is 51.4 Å². The first-order valence-electron chi connectivity index (χ1n) is 8.83. The Balaban J connectivity index is 1.81. The number of thioether (sulfide) groups is 1. The van der Waals surface area contributed by atoms with Crippen LogP contribution >= 0.6 is 23.1 Å². The van der Waals surface area contributed by atoms with E-state index in [9.17, 15) is 9.59 Å². The predicted octanol–water partition coefficient (Wildman–Crippen LogP) is 3.60. The maximum Gasteiger partial charge on any atom is 0.250 e. The van der Waals surface area contributed by atoms with E-state index >= 15 is 0 Å². The van der Waals surface area contributed by atoms with Crippen LogP contribution in [0.4, 0.5) is 16.5 Å². The van der Waals surface area contributed by atoms with E-state index in [2.05, 4.69) is 27.8 Å². The smallest absolute Gasteiger partial charge is 0.250 e. The van der Waals surface area contributed by atoms with Crippen LogP contribution in [0.15, 0.2) is 28.6 Å². The van der Waals surface area contributed by atoms with Gasteiger partial charge in [-0.25, -0.2) is 0 Å². The summed E-state index contributed by atoms with van der Waals surface area (Å²) >= 11 is 2.79. The molecule has 0 saturated heterocycles. The molecule has 2 N–H and O–H groups in total. The zero-order valence-corrected chi connectivity index (χ0v) is 17.4. The van der Waals surface area contributed by atoms with Crippen LogP contribution in [-0.2, 0) is 9.59 Å². The molecule has 7 nitrogen and oxygen atoms in total. The summed E-state index contributed by atoms with van der Waals surface area (Å²) in [6.07, 6.45) is 1.00. The summed E-state index contributed by atoms with van der Waals surface area (Å²) in [7, 11) is 0. The molecule has 2 amide bonds. The standard InChI is InChI=1S/C18H23N5O2S2/c1-5-10-19-16-21-22-17(27-16)26-11(2)14(24)23-13-9-7-6-8-12(13)20-15(25)18(23,3)4/h6-9,11H,5,10H2,1-4H3,(H,19,21)(H,20,25)/t11-/m0/s1. The van der Waals surface area contributed by atoms with Crippen LogP contribution in [0.3, 0.4) is 0 Å². The Morgan fingerprint density at radius 3 is 2.85 bits per heavy atom. The molecular weight excluding hydrogens is 382 g/mol. The summed E-state index contributed by atoms with van der Waals surface area (Å²) in [6.45, 7) is 8.26. The van der Waals surface area contributed by atoms with E-state index in [0.717, 1.165) is 22.4 Å². The number of fused-ring (bicyclic) bond motifs is 1. The molecule has 0 bridgehead atoms. The SMILES string of the molecule is CCCNc1nnc(S[C@@H](C)C(=O)N2c3ccccc3NC(=O)C2(C)C)s1. The van der Waals surface area contributed by atoms with E-state index in [1.54, 1.807) is 24.8 Å². The molecule has 1 aromatic carbocycles. The lowest BCUT2D eigenvalue weighted by Crippen LogP contribution is -2.60. The van der Waals surface area contributed by atoms with Gasteiger partial charge in [-0.1, -0.05) is 42.2 Å². The van der Waals surface area contributed by atoms with Crippen molar-refractivity contribution < 1.29 is 9.59 Å². The number of carbonyl (C=O) groups excluding carboxylic acids is 2. The quantitative estimate of drug-likeness (QED) is 0.714. The molecule has 0 fully saturated rings. The van der Waals surface area contributed by atoms with Gasteiger partial charge in [0, 0.05) is 6.54 Å². The summed E-state index contributed by atoms with van der Waals surface area (Å²) in [5.41, 5.74) is 0.381. The summed E-state index contributed by atoms with van der Waals surface area (Å²) in [4.78, 5) is 27.4. The van der Waals surface area contributed by atoms with Crippen molar-refractivity contribution in [2.45, 2.75) is 49.2 Å². The van der Waals surface area contributed by atoms with E-state index in [1.807, 2.05) is 25.1 Å². The van der Waals surface area contributed by atoms with E-state index in [0.29, 0.717) is 11.4 Å². The van der Waals surface area contributed by atoms with Crippen LogP contribution in [-0.4, -0.2) is 39.3 Å². The summed E-state index contributed by atoms with van der Waals surface area (Å²) in [6, 6.07) is 7.35. The van der Waals surface area contributed by atoms with Crippen molar-refractivity contribution in [1.82, 2.24) is 10.2 Å². The lowest BCUT2D eigenvalue weighted by molar-refractivity contribution is -0.126. The molecule has 0 unspecified atom stereocenters. The first kappa shape index (κ1) is 19.6. The zero-order valence-electron chi connectivity index (χ0n) is 15.8. The number of nitrogens with one attached hydrogen (secondary N) is 2. The monoisotopic (exact) mass is 405 g/mol. The van der Waals surface area contributed by atoms with E-state index in [4.69, 9.17) is 0 Å². The molecular formula is C18H23N5O2S2. The fourth-order valence-corrected chi connectivity index (χ4v) is 4.75. The van der Waals surface area contributed by atoms with Gasteiger partial charge in [0.15, 0.2) is 4.34 Å². The highest BCUT2D eigenvalue weighted by molar-refractivity contribution is 8.02. The number of nitrogens with zero attached hydrogens (tertiary/aromatic N) is 3. The van der Waals surface area contributed by atoms with Gasteiger partial charge in [0.2, 0.25) is 16.9 Å². The van der Waals surface area contributed by atoms with Crippen molar-refractivity contribution in [2.24, 2.45) is 0 Å². The molecule has 0 aliphatic carbocycles. The maximum absolute atomic E-state index is 13.3. The molecule has 3 rings (SSSR count). The Hall–Kier alpha value is -2.13. The van der Waals surface area contributed by atoms with Gasteiger partial charge >= 0.3 is 0 Å². The average Bonchev–Trinajstić information content (AvgIpc) is 3.07. The second-order valence-corrected chi connectivity index (χ2v) is 9.33. The number of anilines is 3. The molecule has 2 aromatic rings. The lowest BCUT2D eigenvalue weighted by atomic mass is 9.96. The first-order valence-corrected chi connectivity index (χ1v) is 10.5. The maximum atomic E-state index is 13.3. The number of para-hydroxylation sites is 2. The van der Waals surface area contributed by atoms with E-state index in [1.165, 1.54) is 23.1 Å². The van der Waals surface area contributed by atoms with Gasteiger partial charge in [0.25, 0.3) is 0 Å². The number of hydrogen-bond acceptors (Lipinski definition) is 7. The van der Waals surface area contributed by atoms with Crippen LogP contribution in [0.25, 0.3) is 0 Å². The Kier molecular flexibility index (Phi) is 5.71. The second-order valence-electron chi connectivity index (χ2n) is 6.76. The number of benzene rings is 1. The minimum absolute atomic E-state index is 0.134. The molecule has 1 aliphatic rings. The lowest BCUT2D eigenvalue weighted by Gasteiger charge is -2.42. The fourth-order valence-electron chi connectivity index (χ4n) is 2.79. The third-order valence-electron chi connectivity index (χ3n) is 4.29. The highest BCUT2D eigenvalue weighted by Crippen LogP contribution is 2.39. The van der Waals surface area contributed by atoms with Gasteiger partial charge in [0.05, 0.1) is 16.6 Å². The van der Waals surface area contributed by atoms with Gasteiger partial charge in [0.1, 0.15) is 5.54 Å². The predicted molar refractivity (Wildman–Crippen MR) is 111 cm³/mol. The summed E-state index contributed by atoms with van der Waals surface area (Å²) in [5.74, 6) is -0.334. The Morgan fingerprint density at radius 2 is 2.11 bits per heavy atom. The minimum Gasteiger partial charge on any atom is -0.360 e. The molecule has 9 heteroatoms. The Morgan fingerprint density at radius 1 is 1.37 bits per heavy atom. The third-order valence-corrected chi connectivity index (χ3v) is 6.34. The number of rotatable bonds is 6. The van der Waals surface area contributed by atoms with Crippen LogP contribution < -0.4 is 15.5 Å². The normalized spacial score (nSPS) is 16.4. The van der Waals surface area contributed by atoms with Crippen LogP contribution in [0, 0.1) is 0 Å². The van der Waals surface area contributed by atoms with Crippen LogP contribution in [0.1, 0.15) is 34.1 Å². The molecule has 2 heterocycles. The third kappa shape index (κ3) is 3.93. The Bertz CT molecular complexity index is 852. The number of amides is 2. The molecule has 1 aliphatic heterocycles. The highest BCUT2D eigenvalue weighted by atomic mass is 32.2. The average molecular weight is 406 g/mol. The van der Waals surface area contributed by atoms with Crippen molar-refractivity contribution in [3.8, 4) is 0 Å².